The fraction of sp³-hybridized carbons (Fsp3) is 0.481. The second-order valence-corrected chi connectivity index (χ2v) is 9.33. The molecule has 1 aliphatic rings. The third kappa shape index (κ3) is 6.50. The smallest absolute Gasteiger partial charge is 0.118 e. The number of methoxy groups -OCH3 is 1. The number of nitrogens with zero attached hydrogens (tertiary/aromatic N) is 1. The first-order valence-corrected chi connectivity index (χ1v) is 11.9. The van der Waals surface area contributed by atoms with Gasteiger partial charge in [0.1, 0.15) is 11.5 Å². The molecule has 4 rings (SSSR count). The van der Waals surface area contributed by atoms with Crippen LogP contribution in [0.4, 0.5) is 0 Å². The number of phenols is 1. The van der Waals surface area contributed by atoms with E-state index in [9.17, 15) is 10.2 Å². The number of ether oxygens (including phenoxy) is 1. The zero-order valence-corrected chi connectivity index (χ0v) is 20.2. The normalized spacial score (nSPS) is 16.3. The third-order valence-electron chi connectivity index (χ3n) is 6.60. The van der Waals surface area contributed by atoms with Gasteiger partial charge in [-0.2, -0.15) is 0 Å². The number of aromatic amines is 1. The van der Waals surface area contributed by atoms with Crippen LogP contribution in [-0.4, -0.2) is 60.0 Å². The first-order chi connectivity index (χ1) is 15.9. The average molecular weight is 454 g/mol. The number of aromatic nitrogens is 1. The molecule has 1 saturated carbocycles. The number of benzene rings is 2. The lowest BCUT2D eigenvalue weighted by atomic mass is 9.72. The first-order valence-electron chi connectivity index (χ1n) is 11.9. The molecule has 0 aliphatic heterocycles. The molecule has 6 nitrogen and oxygen atoms in total. The summed E-state index contributed by atoms with van der Waals surface area (Å²) in [4.78, 5) is 5.30. The van der Waals surface area contributed by atoms with Crippen LogP contribution >= 0.6 is 0 Å². The third-order valence-corrected chi connectivity index (χ3v) is 6.60. The molecule has 0 bridgehead atoms. The lowest BCUT2D eigenvalue weighted by Crippen LogP contribution is -2.42. The maximum atomic E-state index is 11.1. The van der Waals surface area contributed by atoms with Crippen molar-refractivity contribution in [2.45, 2.75) is 50.0 Å². The lowest BCUT2D eigenvalue weighted by Gasteiger charge is -2.40. The lowest BCUT2D eigenvalue weighted by molar-refractivity contribution is -0.0277. The van der Waals surface area contributed by atoms with Crippen LogP contribution in [0.2, 0.25) is 0 Å². The van der Waals surface area contributed by atoms with Crippen LogP contribution in [0.5, 0.6) is 11.5 Å². The van der Waals surface area contributed by atoms with Crippen LogP contribution in [0.3, 0.4) is 0 Å². The van der Waals surface area contributed by atoms with Crippen LogP contribution in [-0.2, 0) is 6.42 Å². The number of nitrogens with one attached hydrogen (secondary N) is 1. The summed E-state index contributed by atoms with van der Waals surface area (Å²) in [5, 5.41) is 21.5. The molecule has 6 heteroatoms. The molecule has 3 aromatic rings. The molecule has 0 amide bonds. The molecule has 0 radical (unpaired) electrons. The van der Waals surface area contributed by atoms with Gasteiger partial charge >= 0.3 is 0 Å². The van der Waals surface area contributed by atoms with Gasteiger partial charge < -0.3 is 30.6 Å². The van der Waals surface area contributed by atoms with E-state index in [1.165, 1.54) is 12.0 Å². The highest BCUT2D eigenvalue weighted by Gasteiger charge is 2.38. The number of likely N-dealkylation sites (N-methyl/N-ethyl adjacent to an activating group) is 1. The molecule has 2 aromatic carbocycles. The number of hydrogen-bond donors (Lipinski definition) is 4. The van der Waals surface area contributed by atoms with Crippen LogP contribution in [0.1, 0.15) is 49.1 Å². The van der Waals surface area contributed by atoms with Gasteiger partial charge in [0.25, 0.3) is 0 Å². The summed E-state index contributed by atoms with van der Waals surface area (Å²) in [7, 11) is 5.83. The van der Waals surface area contributed by atoms with Crippen molar-refractivity contribution in [3.8, 4) is 11.5 Å². The van der Waals surface area contributed by atoms with E-state index in [0.29, 0.717) is 12.3 Å². The Bertz CT molecular complexity index is 992. The predicted octanol–water partition coefficient (Wildman–Crippen LogP) is 4.41. The molecule has 0 saturated heterocycles. The van der Waals surface area contributed by atoms with Gasteiger partial charge in [-0.25, -0.2) is 0 Å². The molecule has 5 N–H and O–H groups in total. The molecule has 180 valence electrons. The van der Waals surface area contributed by atoms with Gasteiger partial charge in [-0.05, 0) is 81.4 Å². The monoisotopic (exact) mass is 453 g/mol. The Balaban J connectivity index is 0.000000203. The van der Waals surface area contributed by atoms with E-state index in [4.69, 9.17) is 10.5 Å². The van der Waals surface area contributed by atoms with Crippen LogP contribution in [0.15, 0.2) is 48.7 Å². The fourth-order valence-electron chi connectivity index (χ4n) is 4.83. The Morgan fingerprint density at radius 1 is 1.09 bits per heavy atom. The molecular formula is C27H39N3O3. The van der Waals surface area contributed by atoms with Crippen molar-refractivity contribution in [1.29, 1.82) is 0 Å². The number of aliphatic hydroxyl groups is 1. The number of aromatic hydroxyl groups is 1. The van der Waals surface area contributed by atoms with E-state index < -0.39 is 5.60 Å². The number of fused-ring (bicyclic) bond motifs is 1. The summed E-state index contributed by atoms with van der Waals surface area (Å²) < 4.78 is 5.23. The highest BCUT2D eigenvalue weighted by molar-refractivity contribution is 5.84. The van der Waals surface area contributed by atoms with Gasteiger partial charge in [0.2, 0.25) is 0 Å². The van der Waals surface area contributed by atoms with Gasteiger partial charge in [0, 0.05) is 29.6 Å². The molecular weight excluding hydrogens is 414 g/mol. The molecule has 1 aliphatic carbocycles. The predicted molar refractivity (Wildman–Crippen MR) is 135 cm³/mol. The minimum atomic E-state index is -0.558. The zero-order valence-electron chi connectivity index (χ0n) is 20.2. The molecule has 1 aromatic heterocycles. The second kappa shape index (κ2) is 11.5. The molecule has 1 heterocycles. The van der Waals surface area contributed by atoms with E-state index in [1.807, 2.05) is 24.4 Å². The minimum absolute atomic E-state index is 0.170. The molecule has 1 unspecified atom stereocenters. The Labute approximate surface area is 197 Å². The summed E-state index contributed by atoms with van der Waals surface area (Å²) in [6.07, 6.45) is 8.13. The van der Waals surface area contributed by atoms with Crippen molar-refractivity contribution in [3.63, 3.8) is 0 Å². The average Bonchev–Trinajstić information content (AvgIpc) is 3.20. The van der Waals surface area contributed by atoms with Crippen molar-refractivity contribution in [2.24, 2.45) is 5.73 Å². The maximum Gasteiger partial charge on any atom is 0.118 e. The number of nitrogens with two attached hydrogens (primary N) is 1. The Morgan fingerprint density at radius 2 is 1.79 bits per heavy atom. The van der Waals surface area contributed by atoms with E-state index in [1.54, 1.807) is 19.2 Å². The van der Waals surface area contributed by atoms with Crippen molar-refractivity contribution < 1.29 is 14.9 Å². The first kappa shape index (κ1) is 25.1. The molecule has 0 spiro atoms. The Hall–Kier alpha value is -2.54. The Morgan fingerprint density at radius 3 is 2.39 bits per heavy atom. The van der Waals surface area contributed by atoms with Crippen LogP contribution in [0.25, 0.3) is 10.9 Å². The van der Waals surface area contributed by atoms with Gasteiger partial charge in [-0.1, -0.05) is 31.4 Å². The summed E-state index contributed by atoms with van der Waals surface area (Å²) >= 11 is 0. The SMILES string of the molecule is COc1ccc(C(CN(C)C)C2(O)CCCCC2)cc1.NCCc1c[nH]c2ccc(O)cc12. The van der Waals surface area contributed by atoms with Crippen LogP contribution in [0, 0.1) is 0 Å². The second-order valence-electron chi connectivity index (χ2n) is 9.33. The van der Waals surface area contributed by atoms with Gasteiger partial charge in [0.05, 0.1) is 12.7 Å². The maximum absolute atomic E-state index is 11.1. The fourth-order valence-corrected chi connectivity index (χ4v) is 4.83. The van der Waals surface area contributed by atoms with E-state index in [0.717, 1.165) is 60.9 Å². The van der Waals surface area contributed by atoms with Crippen molar-refractivity contribution in [3.05, 3.63) is 59.8 Å². The number of rotatable bonds is 7. The largest absolute Gasteiger partial charge is 0.508 e. The van der Waals surface area contributed by atoms with Gasteiger partial charge in [-0.3, -0.25) is 0 Å². The number of phenolic OH excluding ortho intramolecular Hbond substituents is 1. The highest BCUT2D eigenvalue weighted by Crippen LogP contribution is 2.40. The minimum Gasteiger partial charge on any atom is -0.508 e. The molecule has 1 atom stereocenters. The topological polar surface area (TPSA) is 94.7 Å². The van der Waals surface area contributed by atoms with E-state index in [2.05, 4.69) is 36.1 Å². The highest BCUT2D eigenvalue weighted by atomic mass is 16.5. The Kier molecular flexibility index (Phi) is 8.78. The van der Waals surface area contributed by atoms with Crippen molar-refractivity contribution in [1.82, 2.24) is 9.88 Å². The van der Waals surface area contributed by atoms with E-state index in [-0.39, 0.29) is 5.92 Å². The van der Waals surface area contributed by atoms with Crippen molar-refractivity contribution >= 4 is 10.9 Å². The molecule has 33 heavy (non-hydrogen) atoms. The van der Waals surface area contributed by atoms with E-state index >= 15 is 0 Å². The number of H-pyrrole nitrogens is 1. The van der Waals surface area contributed by atoms with Gasteiger partial charge in [-0.15, -0.1) is 0 Å². The standard InChI is InChI=1S/C17H27NO2.C10H12N2O/c1-18(2)13-16(17(19)11-5-4-6-12-17)14-7-9-15(20-3)10-8-14;11-4-3-7-6-12-10-2-1-8(13)5-9(7)10/h7-10,16,19H,4-6,11-13H2,1-3H3;1-2,5-6,12-13H,3-4,11H2. The molecule has 1 fully saturated rings. The number of hydrogen-bond acceptors (Lipinski definition) is 5. The summed E-state index contributed by atoms with van der Waals surface area (Å²) in [5.74, 6) is 1.34. The summed E-state index contributed by atoms with van der Waals surface area (Å²) in [5.41, 5.74) is 8.33. The zero-order chi connectivity index (χ0) is 23.8. The summed E-state index contributed by atoms with van der Waals surface area (Å²) in [6.45, 7) is 1.51. The quantitative estimate of drug-likeness (QED) is 0.425. The van der Waals surface area contributed by atoms with Crippen molar-refractivity contribution in [2.75, 3.05) is 34.3 Å². The van der Waals surface area contributed by atoms with Gasteiger partial charge in [0.15, 0.2) is 0 Å². The summed E-state index contributed by atoms with van der Waals surface area (Å²) in [6, 6.07) is 13.5. The van der Waals surface area contributed by atoms with Crippen LogP contribution < -0.4 is 10.5 Å².